The maximum absolute atomic E-state index is 14.0. The lowest BCUT2D eigenvalue weighted by atomic mass is 9.98. The number of nitrogens with zero attached hydrogens (tertiary/aromatic N) is 2. The number of benzene rings is 1. The van der Waals surface area contributed by atoms with Crippen LogP contribution in [0.25, 0.3) is 11.3 Å². The normalized spacial score (nSPS) is 18.3. The van der Waals surface area contributed by atoms with Gasteiger partial charge in [0.05, 0.1) is 10.7 Å². The first-order valence-electron chi connectivity index (χ1n) is 7.64. The smallest absolute Gasteiger partial charge is 0.219 e. The first kappa shape index (κ1) is 16.1. The molecule has 1 amide bonds. The molecule has 2 aromatic rings. The van der Waals surface area contributed by atoms with Gasteiger partial charge in [0.15, 0.2) is 0 Å². The maximum atomic E-state index is 14.0. The van der Waals surface area contributed by atoms with E-state index in [1.54, 1.807) is 6.92 Å². The van der Waals surface area contributed by atoms with Gasteiger partial charge >= 0.3 is 0 Å². The van der Waals surface area contributed by atoms with E-state index in [0.717, 1.165) is 41.4 Å². The molecule has 3 nitrogen and oxygen atoms in total. The second-order valence-corrected chi connectivity index (χ2v) is 7.12. The van der Waals surface area contributed by atoms with E-state index in [2.05, 4.69) is 4.98 Å². The predicted molar refractivity (Wildman–Crippen MR) is 86.4 cm³/mol. The van der Waals surface area contributed by atoms with E-state index in [1.807, 2.05) is 11.8 Å². The molecule has 0 N–H and O–H groups in total. The molecule has 1 fully saturated rings. The Morgan fingerprint density at radius 3 is 2.91 bits per heavy atom. The molecule has 1 atom stereocenters. The van der Waals surface area contributed by atoms with Gasteiger partial charge in [0.1, 0.15) is 11.6 Å². The van der Waals surface area contributed by atoms with Gasteiger partial charge in [-0.15, -0.1) is 11.3 Å². The van der Waals surface area contributed by atoms with Crippen molar-refractivity contribution in [1.29, 1.82) is 0 Å². The molecule has 1 aliphatic rings. The van der Waals surface area contributed by atoms with Crippen molar-refractivity contribution in [1.82, 2.24) is 9.88 Å². The van der Waals surface area contributed by atoms with Gasteiger partial charge in [-0.3, -0.25) is 4.79 Å². The van der Waals surface area contributed by atoms with Crippen LogP contribution in [0.5, 0.6) is 0 Å². The molecule has 0 aliphatic carbocycles. The van der Waals surface area contributed by atoms with Crippen molar-refractivity contribution in [3.63, 3.8) is 0 Å². The Balaban J connectivity index is 1.92. The lowest BCUT2D eigenvalue weighted by Crippen LogP contribution is -2.37. The van der Waals surface area contributed by atoms with Gasteiger partial charge in [0.25, 0.3) is 0 Å². The second kappa shape index (κ2) is 6.35. The lowest BCUT2D eigenvalue weighted by molar-refractivity contribution is -0.130. The van der Waals surface area contributed by atoms with Gasteiger partial charge in [0.2, 0.25) is 5.91 Å². The number of amides is 1. The molecule has 3 rings (SSSR count). The van der Waals surface area contributed by atoms with Crippen LogP contribution in [0.4, 0.5) is 8.78 Å². The van der Waals surface area contributed by atoms with Crippen molar-refractivity contribution in [3.8, 4) is 11.3 Å². The fourth-order valence-corrected chi connectivity index (χ4v) is 4.05. The van der Waals surface area contributed by atoms with E-state index in [9.17, 15) is 13.6 Å². The summed E-state index contributed by atoms with van der Waals surface area (Å²) >= 11 is 1.51. The van der Waals surface area contributed by atoms with Crippen molar-refractivity contribution in [2.45, 2.75) is 32.6 Å². The van der Waals surface area contributed by atoms with E-state index in [1.165, 1.54) is 17.4 Å². The van der Waals surface area contributed by atoms with Crippen LogP contribution in [0, 0.1) is 18.6 Å². The number of hydrogen-bond donors (Lipinski definition) is 0. The number of aryl methyl sites for hydroxylation is 1. The molecule has 1 aromatic carbocycles. The highest BCUT2D eigenvalue weighted by atomic mass is 32.1. The fraction of sp³-hybridized carbons (Fsp3) is 0.412. The molecule has 1 aliphatic heterocycles. The van der Waals surface area contributed by atoms with Crippen LogP contribution in [0.1, 0.15) is 35.6 Å². The van der Waals surface area contributed by atoms with Crippen LogP contribution in [0.3, 0.4) is 0 Å². The predicted octanol–water partition coefficient (Wildman–Crippen LogP) is 4.12. The minimum Gasteiger partial charge on any atom is -0.342 e. The van der Waals surface area contributed by atoms with Crippen LogP contribution in [-0.2, 0) is 4.79 Å². The molecule has 1 unspecified atom stereocenters. The van der Waals surface area contributed by atoms with Crippen LogP contribution in [-0.4, -0.2) is 28.9 Å². The summed E-state index contributed by atoms with van der Waals surface area (Å²) in [5.41, 5.74) is 0.700. The standard InChI is InChI=1S/C17H18F2N2OS/c1-10-16(14-8-13(18)5-6-15(14)19)20-17(23-10)12-4-3-7-21(9-12)11(2)22/h5-6,8,12H,3-4,7,9H2,1-2H3. The Bertz CT molecular complexity index is 744. The Morgan fingerprint density at radius 1 is 1.39 bits per heavy atom. The van der Waals surface area contributed by atoms with Gasteiger partial charge in [-0.25, -0.2) is 13.8 Å². The molecule has 0 bridgehead atoms. The number of thiazole rings is 1. The molecule has 122 valence electrons. The summed E-state index contributed by atoms with van der Waals surface area (Å²) in [7, 11) is 0. The van der Waals surface area contributed by atoms with Crippen molar-refractivity contribution >= 4 is 17.2 Å². The van der Waals surface area contributed by atoms with Gasteiger partial charge in [-0.2, -0.15) is 0 Å². The van der Waals surface area contributed by atoms with Crippen molar-refractivity contribution in [3.05, 3.63) is 39.7 Å². The third-order valence-corrected chi connectivity index (χ3v) is 5.35. The Labute approximate surface area is 138 Å². The van der Waals surface area contributed by atoms with Crippen LogP contribution >= 0.6 is 11.3 Å². The average molecular weight is 336 g/mol. The summed E-state index contributed by atoms with van der Waals surface area (Å²) in [6.45, 7) is 4.87. The first-order chi connectivity index (χ1) is 11.0. The molecular formula is C17H18F2N2OS. The average Bonchev–Trinajstić information content (AvgIpc) is 2.91. The molecule has 2 heterocycles. The molecule has 0 radical (unpaired) electrons. The van der Waals surface area contributed by atoms with Crippen LogP contribution < -0.4 is 0 Å². The lowest BCUT2D eigenvalue weighted by Gasteiger charge is -2.30. The number of carbonyl (C=O) groups is 1. The monoisotopic (exact) mass is 336 g/mol. The number of likely N-dealkylation sites (tertiary alicyclic amines) is 1. The number of hydrogen-bond acceptors (Lipinski definition) is 3. The number of piperidine rings is 1. The van der Waals surface area contributed by atoms with E-state index in [0.29, 0.717) is 12.2 Å². The summed E-state index contributed by atoms with van der Waals surface area (Å²) in [4.78, 5) is 18.8. The molecule has 6 heteroatoms. The summed E-state index contributed by atoms with van der Waals surface area (Å²) in [5, 5.41) is 0.895. The van der Waals surface area contributed by atoms with Crippen molar-refractivity contribution < 1.29 is 13.6 Å². The highest BCUT2D eigenvalue weighted by molar-refractivity contribution is 7.12. The molecule has 23 heavy (non-hydrogen) atoms. The summed E-state index contributed by atoms with van der Waals surface area (Å²) in [5.74, 6) is -0.711. The van der Waals surface area contributed by atoms with E-state index in [-0.39, 0.29) is 17.4 Å². The molecule has 1 saturated heterocycles. The van der Waals surface area contributed by atoms with Gasteiger partial charge in [0, 0.05) is 36.4 Å². The summed E-state index contributed by atoms with van der Waals surface area (Å²) in [6.07, 6.45) is 1.90. The number of aromatic nitrogens is 1. The second-order valence-electron chi connectivity index (χ2n) is 5.89. The zero-order valence-electron chi connectivity index (χ0n) is 13.1. The number of halogens is 2. The Morgan fingerprint density at radius 2 is 2.17 bits per heavy atom. The molecule has 0 spiro atoms. The minimum atomic E-state index is -0.476. The van der Waals surface area contributed by atoms with Crippen molar-refractivity contribution in [2.24, 2.45) is 0 Å². The van der Waals surface area contributed by atoms with Crippen LogP contribution in [0.15, 0.2) is 18.2 Å². The van der Waals surface area contributed by atoms with Gasteiger partial charge in [-0.05, 0) is 38.0 Å². The van der Waals surface area contributed by atoms with E-state index in [4.69, 9.17) is 0 Å². The topological polar surface area (TPSA) is 33.2 Å². The van der Waals surface area contributed by atoms with Crippen LogP contribution in [0.2, 0.25) is 0 Å². The van der Waals surface area contributed by atoms with E-state index >= 15 is 0 Å². The van der Waals surface area contributed by atoms with Gasteiger partial charge < -0.3 is 4.90 Å². The highest BCUT2D eigenvalue weighted by Gasteiger charge is 2.26. The third kappa shape index (κ3) is 3.27. The van der Waals surface area contributed by atoms with E-state index < -0.39 is 11.6 Å². The fourth-order valence-electron chi connectivity index (χ4n) is 2.99. The maximum Gasteiger partial charge on any atom is 0.219 e. The van der Waals surface area contributed by atoms with Gasteiger partial charge in [-0.1, -0.05) is 0 Å². The summed E-state index contributed by atoms with van der Waals surface area (Å²) < 4.78 is 27.4. The first-order valence-corrected chi connectivity index (χ1v) is 8.45. The minimum absolute atomic E-state index is 0.0689. The quantitative estimate of drug-likeness (QED) is 0.826. The zero-order valence-corrected chi connectivity index (χ0v) is 13.9. The Hall–Kier alpha value is -1.82. The molecule has 0 saturated carbocycles. The third-order valence-electron chi connectivity index (χ3n) is 4.21. The SMILES string of the molecule is CC(=O)N1CCCC(c2nc(-c3cc(F)ccc3F)c(C)s2)C1. The van der Waals surface area contributed by atoms with Crippen molar-refractivity contribution in [2.75, 3.05) is 13.1 Å². The molecular weight excluding hydrogens is 318 g/mol. The largest absolute Gasteiger partial charge is 0.342 e. The zero-order chi connectivity index (χ0) is 16.6. The molecule has 1 aromatic heterocycles. The number of rotatable bonds is 2. The highest BCUT2D eigenvalue weighted by Crippen LogP contribution is 2.36. The Kier molecular flexibility index (Phi) is 4.43. The summed E-state index contributed by atoms with van der Waals surface area (Å²) in [6, 6.07) is 3.42. The number of carbonyl (C=O) groups excluding carboxylic acids is 1.